The first-order valence-corrected chi connectivity index (χ1v) is 14.7. The van der Waals surface area contributed by atoms with E-state index in [0.717, 1.165) is 13.1 Å². The van der Waals surface area contributed by atoms with Gasteiger partial charge in [0.25, 0.3) is 0 Å². The van der Waals surface area contributed by atoms with E-state index < -0.39 is 0 Å². The normalized spacial score (nSPS) is 16.2. The minimum Gasteiger partial charge on any atom is -0.334 e. The van der Waals surface area contributed by atoms with Gasteiger partial charge in [-0.05, 0) is 25.8 Å². The molecule has 2 rings (SSSR count). The van der Waals surface area contributed by atoms with E-state index in [-0.39, 0.29) is 0 Å². The third-order valence-corrected chi connectivity index (χ3v) is 7.37. The van der Waals surface area contributed by atoms with Crippen LogP contribution in [0, 0.1) is 0 Å². The highest BCUT2D eigenvalue weighted by Gasteiger charge is 2.20. The van der Waals surface area contributed by atoms with Gasteiger partial charge in [0, 0.05) is 18.9 Å². The van der Waals surface area contributed by atoms with Gasteiger partial charge in [-0.3, -0.25) is 0 Å². The van der Waals surface area contributed by atoms with Crippen LogP contribution in [0.15, 0.2) is 12.4 Å². The predicted octanol–water partition coefficient (Wildman–Crippen LogP) is 9.13. The molecule has 0 spiro atoms. The zero-order valence-corrected chi connectivity index (χ0v) is 21.6. The average molecular weight is 446 g/mol. The summed E-state index contributed by atoms with van der Waals surface area (Å²) in [5.74, 6) is 1.26. The van der Waals surface area contributed by atoms with Crippen molar-refractivity contribution in [3.63, 3.8) is 0 Å². The van der Waals surface area contributed by atoms with Crippen molar-refractivity contribution in [1.29, 1.82) is 0 Å². The molecule has 1 aliphatic heterocycles. The number of aromatic nitrogens is 2. The Morgan fingerprint density at radius 3 is 1.62 bits per heavy atom. The van der Waals surface area contributed by atoms with Gasteiger partial charge in [-0.15, -0.1) is 0 Å². The lowest BCUT2D eigenvalue weighted by Gasteiger charge is -2.13. The zero-order chi connectivity index (χ0) is 22.5. The van der Waals surface area contributed by atoms with Gasteiger partial charge in [-0.2, -0.15) is 0 Å². The topological polar surface area (TPSA) is 29.9 Å². The van der Waals surface area contributed by atoms with E-state index in [1.807, 2.05) is 6.20 Å². The Hall–Kier alpha value is -0.830. The Morgan fingerprint density at radius 2 is 1.19 bits per heavy atom. The molecule has 0 unspecified atom stereocenters. The molecule has 1 atom stereocenters. The van der Waals surface area contributed by atoms with E-state index in [1.54, 1.807) is 0 Å². The van der Waals surface area contributed by atoms with Crippen LogP contribution in [0.3, 0.4) is 0 Å². The highest BCUT2D eigenvalue weighted by atomic mass is 15.1. The summed E-state index contributed by atoms with van der Waals surface area (Å²) >= 11 is 0. The van der Waals surface area contributed by atoms with Crippen molar-refractivity contribution in [3.05, 3.63) is 18.2 Å². The first kappa shape index (κ1) is 27.4. The summed E-state index contributed by atoms with van der Waals surface area (Å²) in [5, 5.41) is 3.58. The van der Waals surface area contributed by atoms with Crippen molar-refractivity contribution in [1.82, 2.24) is 14.9 Å². The molecule has 2 heterocycles. The summed E-state index contributed by atoms with van der Waals surface area (Å²) in [7, 11) is 0. The molecule has 0 saturated carbocycles. The smallest absolute Gasteiger partial charge is 0.125 e. The van der Waals surface area contributed by atoms with Crippen molar-refractivity contribution in [3.8, 4) is 0 Å². The molecule has 0 aliphatic carbocycles. The molecule has 0 amide bonds. The molecule has 1 aromatic rings. The maximum Gasteiger partial charge on any atom is 0.125 e. The lowest BCUT2D eigenvalue weighted by molar-refractivity contribution is 0.501. The van der Waals surface area contributed by atoms with E-state index >= 15 is 0 Å². The van der Waals surface area contributed by atoms with Crippen LogP contribution in [-0.4, -0.2) is 16.1 Å². The van der Waals surface area contributed by atoms with Crippen LogP contribution in [0.2, 0.25) is 0 Å². The molecule has 0 bridgehead atoms. The monoisotopic (exact) mass is 445 g/mol. The fourth-order valence-corrected chi connectivity index (χ4v) is 5.26. The first-order chi connectivity index (χ1) is 15.9. The Labute approximate surface area is 200 Å². The van der Waals surface area contributed by atoms with E-state index in [0.29, 0.717) is 6.04 Å². The lowest BCUT2D eigenvalue weighted by Crippen LogP contribution is -2.18. The van der Waals surface area contributed by atoms with Crippen LogP contribution in [0.25, 0.3) is 0 Å². The highest BCUT2D eigenvalue weighted by Crippen LogP contribution is 2.22. The molecule has 186 valence electrons. The first-order valence-electron chi connectivity index (χ1n) is 14.7. The average Bonchev–Trinajstić information content (AvgIpc) is 3.49. The van der Waals surface area contributed by atoms with E-state index in [9.17, 15) is 0 Å². The van der Waals surface area contributed by atoms with Crippen LogP contribution in [-0.2, 0) is 6.54 Å². The maximum atomic E-state index is 4.60. The minimum atomic E-state index is 0.495. The third-order valence-electron chi connectivity index (χ3n) is 7.37. The molecule has 3 heteroatoms. The van der Waals surface area contributed by atoms with Gasteiger partial charge in [0.05, 0.1) is 6.04 Å². The molecule has 0 radical (unpaired) electrons. The van der Waals surface area contributed by atoms with Gasteiger partial charge < -0.3 is 9.88 Å². The van der Waals surface area contributed by atoms with Gasteiger partial charge in [0.1, 0.15) is 5.82 Å². The standard InChI is InChI=1S/C29H55N3/c1-2-3-4-5-6-7-8-9-10-11-12-13-14-15-16-17-18-19-20-21-26-32-27-25-31-29(32)28-23-22-24-30-28/h25,27-28,30H,2-24,26H2,1H3/t28-/m0/s1. The number of hydrogen-bond donors (Lipinski definition) is 1. The zero-order valence-electron chi connectivity index (χ0n) is 21.6. The van der Waals surface area contributed by atoms with Crippen molar-refractivity contribution < 1.29 is 0 Å². The fourth-order valence-electron chi connectivity index (χ4n) is 5.26. The minimum absolute atomic E-state index is 0.495. The molecule has 32 heavy (non-hydrogen) atoms. The molecular weight excluding hydrogens is 390 g/mol. The molecular formula is C29H55N3. The largest absolute Gasteiger partial charge is 0.334 e. The van der Waals surface area contributed by atoms with Crippen molar-refractivity contribution in [2.45, 2.75) is 161 Å². The van der Waals surface area contributed by atoms with Crippen molar-refractivity contribution >= 4 is 0 Å². The molecule has 0 aromatic carbocycles. The van der Waals surface area contributed by atoms with Crippen molar-refractivity contribution in [2.24, 2.45) is 0 Å². The number of aryl methyl sites for hydroxylation is 1. The summed E-state index contributed by atoms with van der Waals surface area (Å²) in [4.78, 5) is 4.60. The molecule has 1 saturated heterocycles. The van der Waals surface area contributed by atoms with Crippen LogP contribution in [0.1, 0.15) is 160 Å². The van der Waals surface area contributed by atoms with Crippen molar-refractivity contribution in [2.75, 3.05) is 6.54 Å². The third kappa shape index (κ3) is 13.0. The van der Waals surface area contributed by atoms with Gasteiger partial charge >= 0.3 is 0 Å². The summed E-state index contributed by atoms with van der Waals surface area (Å²) < 4.78 is 2.39. The summed E-state index contributed by atoms with van der Waals surface area (Å²) in [5.41, 5.74) is 0. The second kappa shape index (κ2) is 19.6. The molecule has 1 aliphatic rings. The number of nitrogens with one attached hydrogen (secondary N) is 1. The lowest BCUT2D eigenvalue weighted by atomic mass is 10.0. The molecule has 1 aromatic heterocycles. The van der Waals surface area contributed by atoms with E-state index in [2.05, 4.69) is 28.0 Å². The van der Waals surface area contributed by atoms with Crippen LogP contribution in [0.5, 0.6) is 0 Å². The number of hydrogen-bond acceptors (Lipinski definition) is 2. The van der Waals surface area contributed by atoms with Gasteiger partial charge in [0.15, 0.2) is 0 Å². The van der Waals surface area contributed by atoms with Gasteiger partial charge in [-0.1, -0.05) is 129 Å². The molecule has 1 N–H and O–H groups in total. The number of imidazole rings is 1. The Kier molecular flexibility index (Phi) is 16.8. The Morgan fingerprint density at radius 1 is 0.719 bits per heavy atom. The molecule has 3 nitrogen and oxygen atoms in total. The summed E-state index contributed by atoms with van der Waals surface area (Å²) in [6.45, 7) is 4.60. The predicted molar refractivity (Wildman–Crippen MR) is 140 cm³/mol. The highest BCUT2D eigenvalue weighted by molar-refractivity contribution is 5.01. The maximum absolute atomic E-state index is 4.60. The van der Waals surface area contributed by atoms with Crippen LogP contribution < -0.4 is 5.32 Å². The van der Waals surface area contributed by atoms with Crippen LogP contribution >= 0.6 is 0 Å². The SMILES string of the molecule is CCCCCCCCCCCCCCCCCCCCCCn1ccnc1[C@@H]1CCCN1. The number of nitrogens with zero attached hydrogens (tertiary/aromatic N) is 2. The number of unbranched alkanes of at least 4 members (excludes halogenated alkanes) is 19. The van der Waals surface area contributed by atoms with Crippen LogP contribution in [0.4, 0.5) is 0 Å². The summed E-state index contributed by atoms with van der Waals surface area (Å²) in [6.07, 6.45) is 35.6. The van der Waals surface area contributed by atoms with E-state index in [1.165, 1.54) is 147 Å². The fraction of sp³-hybridized carbons (Fsp3) is 0.897. The Balaban J connectivity index is 1.27. The van der Waals surface area contributed by atoms with Gasteiger partial charge in [-0.25, -0.2) is 4.98 Å². The number of rotatable bonds is 22. The van der Waals surface area contributed by atoms with Gasteiger partial charge in [0.2, 0.25) is 0 Å². The molecule has 1 fully saturated rings. The quantitative estimate of drug-likeness (QED) is 0.180. The second-order valence-corrected chi connectivity index (χ2v) is 10.3. The Bertz CT molecular complexity index is 518. The van der Waals surface area contributed by atoms with E-state index in [4.69, 9.17) is 0 Å². The summed E-state index contributed by atoms with van der Waals surface area (Å²) in [6, 6.07) is 0.495. The second-order valence-electron chi connectivity index (χ2n) is 10.3.